The Balaban J connectivity index is 1.80. The Kier molecular flexibility index (Phi) is 3.20. The number of amides is 1. The Morgan fingerprint density at radius 2 is 2.10 bits per heavy atom. The zero-order valence-corrected chi connectivity index (χ0v) is 10.7. The lowest BCUT2D eigenvalue weighted by molar-refractivity contribution is 0.0994. The van der Waals surface area contributed by atoms with Crippen LogP contribution < -0.4 is 15.8 Å². The van der Waals surface area contributed by atoms with Crippen LogP contribution >= 0.6 is 0 Å². The lowest BCUT2D eigenvalue weighted by atomic mass is 10.0. The number of ether oxygens (including phenoxy) is 1. The minimum atomic E-state index is -0.583. The van der Waals surface area contributed by atoms with Gasteiger partial charge in [0, 0.05) is 12.0 Å². The van der Waals surface area contributed by atoms with E-state index in [2.05, 4.69) is 15.5 Å². The zero-order chi connectivity index (χ0) is 13.9. The van der Waals surface area contributed by atoms with E-state index in [-0.39, 0.29) is 11.7 Å². The maximum atomic E-state index is 10.9. The average molecular weight is 270 g/mol. The highest BCUT2D eigenvalue weighted by Crippen LogP contribution is 2.33. The first kappa shape index (κ1) is 12.4. The van der Waals surface area contributed by atoms with E-state index in [4.69, 9.17) is 10.5 Å². The van der Waals surface area contributed by atoms with Gasteiger partial charge in [0.2, 0.25) is 0 Å². The fourth-order valence-electron chi connectivity index (χ4n) is 2.21. The van der Waals surface area contributed by atoms with Gasteiger partial charge in [0.1, 0.15) is 11.6 Å². The van der Waals surface area contributed by atoms with Gasteiger partial charge in [-0.15, -0.1) is 10.2 Å². The third-order valence-electron chi connectivity index (χ3n) is 3.20. The fraction of sp³-hybridized carbons (Fsp3) is 0.214. The summed E-state index contributed by atoms with van der Waals surface area (Å²) in [6.07, 6.45) is 0.844. The summed E-state index contributed by atoms with van der Waals surface area (Å²) < 4.78 is 5.60. The van der Waals surface area contributed by atoms with Gasteiger partial charge >= 0.3 is 0 Å². The molecule has 0 saturated heterocycles. The van der Waals surface area contributed by atoms with E-state index in [1.54, 1.807) is 12.1 Å². The van der Waals surface area contributed by atoms with E-state index < -0.39 is 5.91 Å². The second-order valence-corrected chi connectivity index (χ2v) is 4.54. The number of nitrogens with one attached hydrogen (secondary N) is 1. The van der Waals surface area contributed by atoms with E-state index in [0.717, 1.165) is 17.7 Å². The summed E-state index contributed by atoms with van der Waals surface area (Å²) in [4.78, 5) is 10.9. The quantitative estimate of drug-likeness (QED) is 0.882. The van der Waals surface area contributed by atoms with Crippen LogP contribution in [0.3, 0.4) is 0 Å². The zero-order valence-electron chi connectivity index (χ0n) is 10.7. The summed E-state index contributed by atoms with van der Waals surface area (Å²) in [7, 11) is 0. The van der Waals surface area contributed by atoms with Crippen LogP contribution in [0.2, 0.25) is 0 Å². The third-order valence-corrected chi connectivity index (χ3v) is 3.20. The molecule has 0 saturated carbocycles. The fourth-order valence-corrected chi connectivity index (χ4v) is 2.21. The summed E-state index contributed by atoms with van der Waals surface area (Å²) in [6, 6.07) is 11.3. The Bertz CT molecular complexity index is 627. The average Bonchev–Trinajstić information content (AvgIpc) is 2.48. The number of hydrogen-bond donors (Lipinski definition) is 2. The molecule has 3 N–H and O–H groups in total. The monoisotopic (exact) mass is 270 g/mol. The van der Waals surface area contributed by atoms with Gasteiger partial charge in [-0.25, -0.2) is 0 Å². The van der Waals surface area contributed by atoms with Crippen molar-refractivity contribution in [2.75, 3.05) is 11.9 Å². The molecular formula is C14H14N4O2. The van der Waals surface area contributed by atoms with Gasteiger partial charge < -0.3 is 15.8 Å². The number of nitrogens with two attached hydrogens (primary N) is 1. The molecule has 1 aromatic carbocycles. The molecule has 1 aliphatic rings. The van der Waals surface area contributed by atoms with Gasteiger partial charge in [0.15, 0.2) is 5.69 Å². The van der Waals surface area contributed by atoms with Crippen LogP contribution in [0.5, 0.6) is 5.75 Å². The first-order chi connectivity index (χ1) is 9.74. The number of rotatable bonds is 3. The molecule has 6 heteroatoms. The topological polar surface area (TPSA) is 90.1 Å². The Hall–Kier alpha value is -2.63. The summed E-state index contributed by atoms with van der Waals surface area (Å²) in [5.74, 6) is 0.912. The second kappa shape index (κ2) is 5.16. The maximum absolute atomic E-state index is 10.9. The predicted octanol–water partition coefficient (Wildman–Crippen LogP) is 1.51. The third kappa shape index (κ3) is 2.40. The van der Waals surface area contributed by atoms with Gasteiger partial charge in [-0.3, -0.25) is 4.79 Å². The summed E-state index contributed by atoms with van der Waals surface area (Å²) in [5.41, 5.74) is 6.39. The summed E-state index contributed by atoms with van der Waals surface area (Å²) in [5, 5.41) is 11.0. The highest BCUT2D eigenvalue weighted by Gasteiger charge is 2.21. The van der Waals surface area contributed by atoms with E-state index in [0.29, 0.717) is 12.4 Å². The molecule has 1 atom stereocenters. The molecule has 2 heterocycles. The lowest BCUT2D eigenvalue weighted by Crippen LogP contribution is -2.21. The Morgan fingerprint density at radius 1 is 1.25 bits per heavy atom. The first-order valence-electron chi connectivity index (χ1n) is 6.36. The minimum absolute atomic E-state index is 0.119. The number of carbonyl (C=O) groups is 1. The molecule has 0 radical (unpaired) electrons. The number of carbonyl (C=O) groups excluding carboxylic acids is 1. The highest BCUT2D eigenvalue weighted by molar-refractivity contribution is 5.90. The van der Waals surface area contributed by atoms with Crippen molar-refractivity contribution in [1.29, 1.82) is 0 Å². The van der Waals surface area contributed by atoms with Crippen molar-refractivity contribution in [2.24, 2.45) is 5.73 Å². The molecule has 0 aliphatic carbocycles. The molecule has 20 heavy (non-hydrogen) atoms. The molecule has 102 valence electrons. The number of fused-ring (bicyclic) bond motifs is 1. The second-order valence-electron chi connectivity index (χ2n) is 4.54. The standard InChI is InChI=1S/C14H14N4O2/c15-14(19)11-5-6-13(18-17-11)16-10-7-8-20-12-4-2-1-3-9(10)12/h1-6,10H,7-8H2,(H2,15,19)(H,16,18). The summed E-state index contributed by atoms with van der Waals surface area (Å²) >= 11 is 0. The van der Waals surface area contributed by atoms with Crippen molar-refractivity contribution in [3.63, 3.8) is 0 Å². The first-order valence-corrected chi connectivity index (χ1v) is 6.36. The van der Waals surface area contributed by atoms with Gasteiger partial charge in [0.25, 0.3) is 5.91 Å². The molecule has 1 unspecified atom stereocenters. The molecular weight excluding hydrogens is 256 g/mol. The highest BCUT2D eigenvalue weighted by atomic mass is 16.5. The number of benzene rings is 1. The van der Waals surface area contributed by atoms with Gasteiger partial charge in [-0.05, 0) is 18.2 Å². The van der Waals surface area contributed by atoms with Crippen molar-refractivity contribution in [3.8, 4) is 5.75 Å². The molecule has 1 aromatic heterocycles. The number of anilines is 1. The van der Waals surface area contributed by atoms with Crippen molar-refractivity contribution < 1.29 is 9.53 Å². The number of para-hydroxylation sites is 1. The largest absolute Gasteiger partial charge is 0.493 e. The van der Waals surface area contributed by atoms with Gasteiger partial charge in [-0.2, -0.15) is 0 Å². The van der Waals surface area contributed by atoms with Crippen molar-refractivity contribution >= 4 is 11.7 Å². The predicted molar refractivity (Wildman–Crippen MR) is 73.5 cm³/mol. The summed E-state index contributed by atoms with van der Waals surface area (Å²) in [6.45, 7) is 0.654. The maximum Gasteiger partial charge on any atom is 0.269 e. The van der Waals surface area contributed by atoms with Crippen LogP contribution in [0.25, 0.3) is 0 Å². The molecule has 1 aliphatic heterocycles. The number of aromatic nitrogens is 2. The Morgan fingerprint density at radius 3 is 2.85 bits per heavy atom. The minimum Gasteiger partial charge on any atom is -0.493 e. The molecule has 2 aromatic rings. The van der Waals surface area contributed by atoms with Crippen LogP contribution in [0.4, 0.5) is 5.82 Å². The lowest BCUT2D eigenvalue weighted by Gasteiger charge is -2.26. The van der Waals surface area contributed by atoms with Crippen molar-refractivity contribution in [1.82, 2.24) is 10.2 Å². The van der Waals surface area contributed by atoms with E-state index in [1.807, 2.05) is 24.3 Å². The number of nitrogens with zero attached hydrogens (tertiary/aromatic N) is 2. The van der Waals surface area contributed by atoms with Crippen molar-refractivity contribution in [2.45, 2.75) is 12.5 Å². The van der Waals surface area contributed by atoms with Crippen LogP contribution in [0, 0.1) is 0 Å². The molecule has 0 bridgehead atoms. The molecule has 0 spiro atoms. The molecule has 1 amide bonds. The molecule has 6 nitrogen and oxygen atoms in total. The van der Waals surface area contributed by atoms with Crippen LogP contribution in [0.1, 0.15) is 28.5 Å². The normalized spacial score (nSPS) is 16.9. The van der Waals surface area contributed by atoms with E-state index >= 15 is 0 Å². The van der Waals surface area contributed by atoms with E-state index in [9.17, 15) is 4.79 Å². The van der Waals surface area contributed by atoms with Gasteiger partial charge in [0.05, 0.1) is 12.6 Å². The van der Waals surface area contributed by atoms with Crippen LogP contribution in [-0.2, 0) is 0 Å². The number of hydrogen-bond acceptors (Lipinski definition) is 5. The molecule has 3 rings (SSSR count). The Labute approximate surface area is 116 Å². The van der Waals surface area contributed by atoms with Gasteiger partial charge in [-0.1, -0.05) is 18.2 Å². The van der Waals surface area contributed by atoms with Crippen molar-refractivity contribution in [3.05, 3.63) is 47.7 Å². The van der Waals surface area contributed by atoms with Crippen LogP contribution in [-0.4, -0.2) is 22.7 Å². The SMILES string of the molecule is NC(=O)c1ccc(NC2CCOc3ccccc32)nn1. The number of primary amides is 1. The van der Waals surface area contributed by atoms with Crippen LogP contribution in [0.15, 0.2) is 36.4 Å². The van der Waals surface area contributed by atoms with E-state index in [1.165, 1.54) is 0 Å². The smallest absolute Gasteiger partial charge is 0.269 e. The molecule has 0 fully saturated rings.